The monoisotopic (exact) mass is 327 g/mol. The molecule has 0 bridgehead atoms. The van der Waals surface area contributed by atoms with E-state index in [4.69, 9.17) is 5.73 Å². The van der Waals surface area contributed by atoms with E-state index in [-0.39, 0.29) is 11.9 Å². The fourth-order valence-electron chi connectivity index (χ4n) is 3.40. The maximum absolute atomic E-state index is 13.2. The molecule has 19 heavy (non-hydrogen) atoms. The number of hydrogen-bond donors (Lipinski definition) is 1. The third-order valence-electron chi connectivity index (χ3n) is 4.56. The van der Waals surface area contributed by atoms with Crippen LogP contribution in [0.2, 0.25) is 0 Å². The summed E-state index contributed by atoms with van der Waals surface area (Å²) in [4.78, 5) is 0. The van der Waals surface area contributed by atoms with Crippen molar-refractivity contribution < 1.29 is 4.39 Å². The van der Waals surface area contributed by atoms with E-state index in [1.807, 2.05) is 12.1 Å². The summed E-state index contributed by atoms with van der Waals surface area (Å²) in [6.07, 6.45) is 5.91. The number of hydrogen-bond acceptors (Lipinski definition) is 1. The van der Waals surface area contributed by atoms with Crippen LogP contribution in [0.4, 0.5) is 4.39 Å². The fourth-order valence-corrected chi connectivity index (χ4v) is 3.82. The molecular weight excluding hydrogens is 305 g/mol. The van der Waals surface area contributed by atoms with Crippen molar-refractivity contribution in [3.8, 4) is 0 Å². The first-order valence-electron chi connectivity index (χ1n) is 7.09. The van der Waals surface area contributed by atoms with Gasteiger partial charge < -0.3 is 5.73 Å². The Bertz CT molecular complexity index is 444. The lowest BCUT2D eigenvalue weighted by Gasteiger charge is -2.42. The van der Waals surface area contributed by atoms with Crippen LogP contribution in [0.3, 0.4) is 0 Å². The van der Waals surface area contributed by atoms with Gasteiger partial charge >= 0.3 is 0 Å². The van der Waals surface area contributed by atoms with Crippen LogP contribution < -0.4 is 5.73 Å². The SMILES string of the molecule is CC1(C)CCCCC1C(N)Cc1ccc(F)c(Br)c1. The molecule has 0 aromatic heterocycles. The molecule has 0 saturated heterocycles. The van der Waals surface area contributed by atoms with Gasteiger partial charge in [0.25, 0.3) is 0 Å². The maximum Gasteiger partial charge on any atom is 0.137 e. The third kappa shape index (κ3) is 3.57. The molecule has 2 N–H and O–H groups in total. The minimum Gasteiger partial charge on any atom is -0.327 e. The fraction of sp³-hybridized carbons (Fsp3) is 0.625. The van der Waals surface area contributed by atoms with Crippen LogP contribution in [-0.2, 0) is 6.42 Å². The van der Waals surface area contributed by atoms with Gasteiger partial charge in [-0.15, -0.1) is 0 Å². The van der Waals surface area contributed by atoms with Crippen molar-refractivity contribution in [3.05, 3.63) is 34.1 Å². The summed E-state index contributed by atoms with van der Waals surface area (Å²) >= 11 is 3.24. The molecule has 2 atom stereocenters. The van der Waals surface area contributed by atoms with Crippen LogP contribution in [0.5, 0.6) is 0 Å². The van der Waals surface area contributed by atoms with Gasteiger partial charge in [0.2, 0.25) is 0 Å². The van der Waals surface area contributed by atoms with E-state index in [1.165, 1.54) is 31.7 Å². The van der Waals surface area contributed by atoms with Gasteiger partial charge in [-0.05, 0) is 64.2 Å². The van der Waals surface area contributed by atoms with Crippen LogP contribution >= 0.6 is 15.9 Å². The van der Waals surface area contributed by atoms with Gasteiger partial charge in [0.05, 0.1) is 4.47 Å². The molecule has 1 aromatic rings. The van der Waals surface area contributed by atoms with Crippen molar-refractivity contribution in [2.75, 3.05) is 0 Å². The quantitative estimate of drug-likeness (QED) is 0.857. The van der Waals surface area contributed by atoms with E-state index in [0.717, 1.165) is 12.0 Å². The molecule has 1 aliphatic rings. The average molecular weight is 328 g/mol. The molecular formula is C16H23BrFN. The Labute approximate surface area is 123 Å². The summed E-state index contributed by atoms with van der Waals surface area (Å²) in [5.41, 5.74) is 7.88. The second-order valence-electron chi connectivity index (χ2n) is 6.46. The van der Waals surface area contributed by atoms with Gasteiger partial charge in [-0.3, -0.25) is 0 Å². The van der Waals surface area contributed by atoms with Crippen LogP contribution in [-0.4, -0.2) is 6.04 Å². The first kappa shape index (κ1) is 15.0. The molecule has 0 radical (unpaired) electrons. The Morgan fingerprint density at radius 1 is 1.42 bits per heavy atom. The number of nitrogens with two attached hydrogens (primary N) is 1. The van der Waals surface area contributed by atoms with E-state index in [9.17, 15) is 4.39 Å². The molecule has 1 saturated carbocycles. The highest BCUT2D eigenvalue weighted by molar-refractivity contribution is 9.10. The zero-order valence-electron chi connectivity index (χ0n) is 11.8. The minimum atomic E-state index is -0.213. The summed E-state index contributed by atoms with van der Waals surface area (Å²) in [7, 11) is 0. The van der Waals surface area contributed by atoms with E-state index < -0.39 is 0 Å². The topological polar surface area (TPSA) is 26.0 Å². The second-order valence-corrected chi connectivity index (χ2v) is 7.31. The van der Waals surface area contributed by atoms with Gasteiger partial charge in [0, 0.05) is 6.04 Å². The van der Waals surface area contributed by atoms with Crippen LogP contribution in [0, 0.1) is 17.2 Å². The standard InChI is InChI=1S/C16H23BrFN/c1-16(2)8-4-3-5-12(16)15(19)10-11-6-7-14(18)13(17)9-11/h6-7,9,12,15H,3-5,8,10,19H2,1-2H3. The molecule has 2 unspecified atom stereocenters. The van der Waals surface area contributed by atoms with Crippen LogP contribution in [0.25, 0.3) is 0 Å². The van der Waals surface area contributed by atoms with Crippen molar-refractivity contribution in [1.82, 2.24) is 0 Å². The Morgan fingerprint density at radius 3 is 2.79 bits per heavy atom. The van der Waals surface area contributed by atoms with Gasteiger partial charge in [-0.2, -0.15) is 0 Å². The minimum absolute atomic E-state index is 0.160. The highest BCUT2D eigenvalue weighted by atomic mass is 79.9. The molecule has 106 valence electrons. The highest BCUT2D eigenvalue weighted by Crippen LogP contribution is 2.42. The molecule has 0 amide bonds. The Balaban J connectivity index is 2.07. The highest BCUT2D eigenvalue weighted by Gasteiger charge is 2.35. The zero-order chi connectivity index (χ0) is 14.0. The van der Waals surface area contributed by atoms with Gasteiger partial charge in [-0.1, -0.05) is 32.8 Å². The Morgan fingerprint density at radius 2 is 2.16 bits per heavy atom. The predicted octanol–water partition coefficient (Wildman–Crippen LogP) is 4.67. The van der Waals surface area contributed by atoms with Crippen molar-refractivity contribution >= 4 is 15.9 Å². The molecule has 1 aromatic carbocycles. The molecule has 0 aliphatic heterocycles. The van der Waals surface area contributed by atoms with Crippen molar-refractivity contribution in [1.29, 1.82) is 0 Å². The summed E-state index contributed by atoms with van der Waals surface area (Å²) in [6.45, 7) is 4.66. The van der Waals surface area contributed by atoms with Gasteiger partial charge in [0.1, 0.15) is 5.82 Å². The summed E-state index contributed by atoms with van der Waals surface area (Å²) in [5.74, 6) is 0.348. The van der Waals surface area contributed by atoms with Gasteiger partial charge in [0.15, 0.2) is 0 Å². The lowest BCUT2D eigenvalue weighted by Crippen LogP contribution is -2.43. The largest absolute Gasteiger partial charge is 0.327 e. The zero-order valence-corrected chi connectivity index (χ0v) is 13.3. The molecule has 3 heteroatoms. The normalized spacial score (nSPS) is 24.2. The Kier molecular flexibility index (Phi) is 4.67. The summed E-state index contributed by atoms with van der Waals surface area (Å²) in [5, 5.41) is 0. The molecule has 1 aliphatic carbocycles. The molecule has 0 heterocycles. The summed E-state index contributed by atoms with van der Waals surface area (Å²) in [6, 6.07) is 5.37. The predicted molar refractivity (Wildman–Crippen MR) is 81.5 cm³/mol. The van der Waals surface area contributed by atoms with Gasteiger partial charge in [-0.25, -0.2) is 4.39 Å². The van der Waals surface area contributed by atoms with E-state index >= 15 is 0 Å². The lowest BCUT2D eigenvalue weighted by atomic mass is 9.65. The molecule has 1 fully saturated rings. The number of benzene rings is 1. The smallest absolute Gasteiger partial charge is 0.137 e. The number of rotatable bonds is 3. The van der Waals surface area contributed by atoms with Crippen molar-refractivity contribution in [2.45, 2.75) is 52.0 Å². The average Bonchev–Trinajstić information content (AvgIpc) is 2.33. The van der Waals surface area contributed by atoms with E-state index in [2.05, 4.69) is 29.8 Å². The van der Waals surface area contributed by atoms with Crippen molar-refractivity contribution in [3.63, 3.8) is 0 Å². The second kappa shape index (κ2) is 5.92. The van der Waals surface area contributed by atoms with Crippen molar-refractivity contribution in [2.24, 2.45) is 17.1 Å². The Hall–Kier alpha value is -0.410. The van der Waals surface area contributed by atoms with Crippen LogP contribution in [0.1, 0.15) is 45.1 Å². The first-order valence-corrected chi connectivity index (χ1v) is 7.89. The molecule has 1 nitrogen and oxygen atoms in total. The molecule has 0 spiro atoms. The van der Waals surface area contributed by atoms with Crippen LogP contribution in [0.15, 0.2) is 22.7 Å². The lowest BCUT2D eigenvalue weighted by molar-refractivity contribution is 0.112. The summed E-state index contributed by atoms with van der Waals surface area (Å²) < 4.78 is 13.8. The van der Waals surface area contributed by atoms with E-state index in [0.29, 0.717) is 15.8 Å². The first-order chi connectivity index (χ1) is 8.90. The third-order valence-corrected chi connectivity index (χ3v) is 5.17. The van der Waals surface area contributed by atoms with E-state index in [1.54, 1.807) is 0 Å². The maximum atomic E-state index is 13.2. The molecule has 2 rings (SSSR count). The number of halogens is 2.